The van der Waals surface area contributed by atoms with Crippen LogP contribution in [0.5, 0.6) is 0 Å². The van der Waals surface area contributed by atoms with E-state index in [-0.39, 0.29) is 0 Å². The van der Waals surface area contributed by atoms with Gasteiger partial charge in [-0.2, -0.15) is 0 Å². The minimum Gasteiger partial charge on any atom is -0.317 e. The lowest BCUT2D eigenvalue weighted by Gasteiger charge is -2.33. The summed E-state index contributed by atoms with van der Waals surface area (Å²) in [6, 6.07) is 0. The first-order chi connectivity index (χ1) is 7.95. The maximum absolute atomic E-state index is 3.57. The molecule has 0 heterocycles. The molecule has 0 saturated heterocycles. The van der Waals surface area contributed by atoms with Crippen LogP contribution in [0.1, 0.15) is 60.3 Å². The molecule has 0 amide bonds. The molecule has 0 aromatic rings. The summed E-state index contributed by atoms with van der Waals surface area (Å²) in [5.74, 6) is 2.82. The minimum atomic E-state index is 0.594. The molecule has 2 fully saturated rings. The highest BCUT2D eigenvalue weighted by Gasteiger charge is 2.69. The Hall–Kier alpha value is -0.0400. The van der Waals surface area contributed by atoms with E-state index >= 15 is 0 Å². The molecular weight excluding hydrogens is 206 g/mol. The summed E-state index contributed by atoms with van der Waals surface area (Å²) in [7, 11) is 0. The Morgan fingerprint density at radius 1 is 1.18 bits per heavy atom. The van der Waals surface area contributed by atoms with Crippen molar-refractivity contribution in [2.45, 2.75) is 60.3 Å². The molecule has 1 heteroatoms. The average molecular weight is 237 g/mol. The second-order valence-corrected chi connectivity index (χ2v) is 7.32. The Morgan fingerprint density at radius 2 is 1.76 bits per heavy atom. The van der Waals surface area contributed by atoms with Gasteiger partial charge in [0.2, 0.25) is 0 Å². The number of nitrogens with one attached hydrogen (secondary N) is 1. The molecule has 1 unspecified atom stereocenters. The topological polar surface area (TPSA) is 12.0 Å². The van der Waals surface area contributed by atoms with Crippen molar-refractivity contribution in [1.29, 1.82) is 0 Å². The highest BCUT2D eigenvalue weighted by Crippen LogP contribution is 2.74. The zero-order valence-corrected chi connectivity index (χ0v) is 12.5. The van der Waals surface area contributed by atoms with Gasteiger partial charge in [0.05, 0.1) is 0 Å². The molecule has 1 N–H and O–H groups in total. The first-order valence-electron chi connectivity index (χ1n) is 7.66. The molecule has 2 saturated carbocycles. The molecule has 100 valence electrons. The molecule has 1 atom stereocenters. The molecule has 0 aliphatic heterocycles. The Bertz CT molecular complexity index is 259. The van der Waals surface area contributed by atoms with E-state index in [1.807, 2.05) is 0 Å². The predicted octanol–water partition coefficient (Wildman–Crippen LogP) is 4.08. The molecular formula is C16H31N. The monoisotopic (exact) mass is 237 g/mol. The lowest BCUT2D eigenvalue weighted by Crippen LogP contribution is -2.24. The van der Waals surface area contributed by atoms with E-state index in [1.54, 1.807) is 0 Å². The van der Waals surface area contributed by atoms with Crippen LogP contribution in [-0.2, 0) is 0 Å². The molecule has 0 bridgehead atoms. The summed E-state index contributed by atoms with van der Waals surface area (Å²) in [4.78, 5) is 0. The number of hydrogen-bond acceptors (Lipinski definition) is 1. The lowest BCUT2D eigenvalue weighted by molar-refractivity contribution is 0.175. The largest absolute Gasteiger partial charge is 0.317 e. The summed E-state index contributed by atoms with van der Waals surface area (Å²) in [6.07, 6.45) is 5.92. The van der Waals surface area contributed by atoms with Crippen molar-refractivity contribution in [2.24, 2.45) is 28.6 Å². The molecule has 1 nitrogen and oxygen atoms in total. The third-order valence-electron chi connectivity index (χ3n) is 6.20. The zero-order chi connectivity index (χ0) is 12.7. The van der Waals surface area contributed by atoms with Crippen LogP contribution < -0.4 is 5.32 Å². The van der Waals surface area contributed by atoms with Crippen LogP contribution in [0, 0.1) is 28.6 Å². The van der Waals surface area contributed by atoms with E-state index in [2.05, 4.69) is 39.9 Å². The van der Waals surface area contributed by atoms with Gasteiger partial charge < -0.3 is 5.32 Å². The molecule has 1 spiro atoms. The molecule has 2 aliphatic rings. The molecule has 2 aliphatic carbocycles. The van der Waals surface area contributed by atoms with Gasteiger partial charge in [-0.1, -0.05) is 34.6 Å². The second kappa shape index (κ2) is 4.57. The van der Waals surface area contributed by atoms with Crippen molar-refractivity contribution in [1.82, 2.24) is 5.32 Å². The number of hydrogen-bond donors (Lipinski definition) is 1. The fourth-order valence-electron chi connectivity index (χ4n) is 4.62. The SMILES string of the molecule is CCNCC1C(C)(C)C12CCC(C(C)C)CC2. The van der Waals surface area contributed by atoms with E-state index < -0.39 is 0 Å². The Labute approximate surface area is 108 Å². The first kappa shape index (κ1) is 13.4. The van der Waals surface area contributed by atoms with Gasteiger partial charge in [-0.25, -0.2) is 0 Å². The molecule has 0 aromatic carbocycles. The summed E-state index contributed by atoms with van der Waals surface area (Å²) in [6.45, 7) is 14.4. The third-order valence-corrected chi connectivity index (χ3v) is 6.20. The zero-order valence-electron chi connectivity index (χ0n) is 12.5. The Morgan fingerprint density at radius 3 is 2.24 bits per heavy atom. The molecule has 0 radical (unpaired) electrons. The van der Waals surface area contributed by atoms with Gasteiger partial charge in [0, 0.05) is 0 Å². The minimum absolute atomic E-state index is 0.594. The van der Waals surface area contributed by atoms with Crippen molar-refractivity contribution in [3.8, 4) is 0 Å². The normalized spacial score (nSPS) is 39.9. The van der Waals surface area contributed by atoms with Crippen LogP contribution in [0.15, 0.2) is 0 Å². The standard InChI is InChI=1S/C16H31N/c1-6-17-11-14-15(4,5)16(14)9-7-13(8-10-16)12(2)3/h12-14,17H,6-11H2,1-5H3. The summed E-state index contributed by atoms with van der Waals surface area (Å²) in [5.41, 5.74) is 1.29. The van der Waals surface area contributed by atoms with Crippen molar-refractivity contribution in [3.63, 3.8) is 0 Å². The van der Waals surface area contributed by atoms with Crippen LogP contribution in [0.4, 0.5) is 0 Å². The van der Waals surface area contributed by atoms with Crippen molar-refractivity contribution in [3.05, 3.63) is 0 Å². The van der Waals surface area contributed by atoms with Gasteiger partial charge in [-0.15, -0.1) is 0 Å². The molecule has 17 heavy (non-hydrogen) atoms. The predicted molar refractivity (Wildman–Crippen MR) is 75.0 cm³/mol. The summed E-state index contributed by atoms with van der Waals surface area (Å²) < 4.78 is 0. The van der Waals surface area contributed by atoms with E-state index in [4.69, 9.17) is 0 Å². The summed E-state index contributed by atoms with van der Waals surface area (Å²) in [5, 5.41) is 3.57. The van der Waals surface area contributed by atoms with Gasteiger partial charge in [0.25, 0.3) is 0 Å². The maximum Gasteiger partial charge on any atom is -0.000979 e. The number of rotatable bonds is 4. The van der Waals surface area contributed by atoms with Crippen molar-refractivity contribution in [2.75, 3.05) is 13.1 Å². The molecule has 0 aromatic heterocycles. The first-order valence-corrected chi connectivity index (χ1v) is 7.66. The highest BCUT2D eigenvalue weighted by atomic mass is 14.9. The highest BCUT2D eigenvalue weighted by molar-refractivity contribution is 5.18. The van der Waals surface area contributed by atoms with Crippen LogP contribution >= 0.6 is 0 Å². The third kappa shape index (κ3) is 2.05. The summed E-state index contributed by atoms with van der Waals surface area (Å²) >= 11 is 0. The van der Waals surface area contributed by atoms with Gasteiger partial charge in [-0.05, 0) is 67.4 Å². The van der Waals surface area contributed by atoms with E-state index in [0.717, 1.165) is 24.3 Å². The van der Waals surface area contributed by atoms with Crippen molar-refractivity contribution < 1.29 is 0 Å². The Kier molecular flexibility index (Phi) is 3.60. The van der Waals surface area contributed by atoms with E-state index in [1.165, 1.54) is 32.2 Å². The quantitative estimate of drug-likeness (QED) is 0.776. The van der Waals surface area contributed by atoms with E-state index in [9.17, 15) is 0 Å². The van der Waals surface area contributed by atoms with Gasteiger partial charge in [0.1, 0.15) is 0 Å². The lowest BCUT2D eigenvalue weighted by atomic mass is 9.72. The van der Waals surface area contributed by atoms with Crippen molar-refractivity contribution >= 4 is 0 Å². The molecule has 2 rings (SSSR count). The van der Waals surface area contributed by atoms with Crippen LogP contribution in [0.25, 0.3) is 0 Å². The fourth-order valence-corrected chi connectivity index (χ4v) is 4.62. The van der Waals surface area contributed by atoms with Gasteiger partial charge in [0.15, 0.2) is 0 Å². The maximum atomic E-state index is 3.57. The Balaban J connectivity index is 1.94. The van der Waals surface area contributed by atoms with E-state index in [0.29, 0.717) is 10.8 Å². The van der Waals surface area contributed by atoms with Gasteiger partial charge >= 0.3 is 0 Å². The smallest absolute Gasteiger partial charge is 0.000979 e. The van der Waals surface area contributed by atoms with Crippen LogP contribution in [0.2, 0.25) is 0 Å². The fraction of sp³-hybridized carbons (Fsp3) is 1.00. The van der Waals surface area contributed by atoms with Gasteiger partial charge in [-0.3, -0.25) is 0 Å². The average Bonchev–Trinajstić information content (AvgIpc) is 2.72. The van der Waals surface area contributed by atoms with Crippen LogP contribution in [0.3, 0.4) is 0 Å². The second-order valence-electron chi connectivity index (χ2n) is 7.32. The van der Waals surface area contributed by atoms with Crippen LogP contribution in [-0.4, -0.2) is 13.1 Å².